The van der Waals surface area contributed by atoms with Crippen molar-refractivity contribution < 1.29 is 0 Å². The topological polar surface area (TPSA) is 0 Å². The summed E-state index contributed by atoms with van der Waals surface area (Å²) in [4.78, 5) is 0. The summed E-state index contributed by atoms with van der Waals surface area (Å²) >= 11 is 0. The molecule has 2 aromatic rings. The number of hydrogen-bond acceptors (Lipinski definition) is 0. The lowest BCUT2D eigenvalue weighted by molar-refractivity contribution is 1.22. The molecule has 0 amide bonds. The molecule has 0 nitrogen and oxygen atoms in total. The highest BCUT2D eigenvalue weighted by molar-refractivity contribution is 5.95. The van der Waals surface area contributed by atoms with Crippen LogP contribution in [-0.4, -0.2) is 0 Å². The molecule has 0 saturated heterocycles. The third-order valence-corrected chi connectivity index (χ3v) is 4.74. The normalized spacial score (nSPS) is 17.0. The van der Waals surface area contributed by atoms with Crippen LogP contribution in [0.1, 0.15) is 31.4 Å². The summed E-state index contributed by atoms with van der Waals surface area (Å²) in [6, 6.07) is 13.3. The fourth-order valence-electron chi connectivity index (χ4n) is 3.39. The molecule has 0 N–H and O–H groups in total. The van der Waals surface area contributed by atoms with E-state index < -0.39 is 0 Å². The van der Waals surface area contributed by atoms with Gasteiger partial charge in [0.05, 0.1) is 0 Å². The van der Waals surface area contributed by atoms with Crippen LogP contribution in [0.5, 0.6) is 0 Å². The first kappa shape index (κ1) is 12.4. The third-order valence-electron chi connectivity index (χ3n) is 4.74. The van der Waals surface area contributed by atoms with Gasteiger partial charge in [-0.15, -0.1) is 0 Å². The van der Waals surface area contributed by atoms with Gasteiger partial charge in [-0.05, 0) is 76.6 Å². The van der Waals surface area contributed by atoms with Crippen LogP contribution in [0.2, 0.25) is 0 Å². The molecule has 0 fully saturated rings. The minimum atomic E-state index is 1.04. The minimum absolute atomic E-state index is 1.04. The lowest BCUT2D eigenvalue weighted by Gasteiger charge is -2.13. The molecule has 0 aliphatic heterocycles. The van der Waals surface area contributed by atoms with E-state index in [4.69, 9.17) is 0 Å². The average Bonchev–Trinajstić information content (AvgIpc) is 2.82. The molecule has 0 spiro atoms. The molecule has 0 heterocycles. The SMILES string of the molecule is CC1=C2C=CC=CC(=C(C)c3cc4ccccc4cc31)C2. The summed E-state index contributed by atoms with van der Waals surface area (Å²) in [6.07, 6.45) is 9.87. The maximum Gasteiger partial charge on any atom is -0.00201 e. The molecule has 0 unspecified atom stereocenters. The van der Waals surface area contributed by atoms with Crippen LogP contribution in [0.4, 0.5) is 0 Å². The molecule has 2 bridgehead atoms. The lowest BCUT2D eigenvalue weighted by atomic mass is 9.91. The van der Waals surface area contributed by atoms with Crippen molar-refractivity contribution in [2.45, 2.75) is 20.3 Å². The Kier molecular flexibility index (Phi) is 2.71. The van der Waals surface area contributed by atoms with Gasteiger partial charge in [-0.3, -0.25) is 0 Å². The van der Waals surface area contributed by atoms with Crippen molar-refractivity contribution in [3.63, 3.8) is 0 Å². The van der Waals surface area contributed by atoms with Crippen molar-refractivity contribution in [2.75, 3.05) is 0 Å². The first-order valence-electron chi connectivity index (χ1n) is 7.52. The number of allylic oxidation sites excluding steroid dienone is 8. The molecule has 0 atom stereocenters. The standard InChI is InChI=1S/C21H18/c1-14-16-7-3-4-8-17(11-16)15(2)21-13-19-10-6-5-9-18(19)12-20(14)21/h3-10,12-13H,11H2,1-2H3. The van der Waals surface area contributed by atoms with E-state index in [1.807, 2.05) is 0 Å². The second-order valence-corrected chi connectivity index (χ2v) is 5.94. The van der Waals surface area contributed by atoms with Crippen molar-refractivity contribution in [1.82, 2.24) is 0 Å². The van der Waals surface area contributed by atoms with E-state index in [1.54, 1.807) is 0 Å². The average molecular weight is 270 g/mol. The van der Waals surface area contributed by atoms with E-state index in [2.05, 4.69) is 74.5 Å². The second kappa shape index (κ2) is 4.60. The molecule has 0 heteroatoms. The van der Waals surface area contributed by atoms with Gasteiger partial charge in [-0.1, -0.05) is 48.6 Å². The smallest absolute Gasteiger partial charge is 0.00201 e. The maximum atomic E-state index is 2.35. The molecular weight excluding hydrogens is 252 g/mol. The van der Waals surface area contributed by atoms with Crippen molar-refractivity contribution in [2.24, 2.45) is 0 Å². The molecule has 0 aromatic heterocycles. The van der Waals surface area contributed by atoms with Crippen molar-refractivity contribution >= 4 is 21.9 Å². The van der Waals surface area contributed by atoms with Gasteiger partial charge in [0.25, 0.3) is 0 Å². The number of fused-ring (bicyclic) bond motifs is 4. The van der Waals surface area contributed by atoms with Gasteiger partial charge in [0.15, 0.2) is 0 Å². The Bertz CT molecular complexity index is 798. The largest absolute Gasteiger partial charge is 0.0620 e. The summed E-state index contributed by atoms with van der Waals surface area (Å²) in [5.41, 5.74) is 8.45. The van der Waals surface area contributed by atoms with E-state index >= 15 is 0 Å². The summed E-state index contributed by atoms with van der Waals surface area (Å²) in [6.45, 7) is 4.52. The van der Waals surface area contributed by atoms with Crippen molar-refractivity contribution in [3.8, 4) is 0 Å². The number of rotatable bonds is 0. The molecule has 0 radical (unpaired) electrons. The summed E-state index contributed by atoms with van der Waals surface area (Å²) in [7, 11) is 0. The number of benzene rings is 2. The predicted molar refractivity (Wildman–Crippen MR) is 92.0 cm³/mol. The van der Waals surface area contributed by atoms with Crippen LogP contribution in [0, 0.1) is 0 Å². The summed E-state index contributed by atoms with van der Waals surface area (Å²) in [5.74, 6) is 0. The maximum absolute atomic E-state index is 2.35. The highest BCUT2D eigenvalue weighted by Crippen LogP contribution is 2.39. The van der Waals surface area contributed by atoms with E-state index in [0.29, 0.717) is 0 Å². The predicted octanol–water partition coefficient (Wildman–Crippen LogP) is 5.92. The van der Waals surface area contributed by atoms with Crippen LogP contribution in [0.3, 0.4) is 0 Å². The van der Waals surface area contributed by atoms with Crippen LogP contribution in [0.25, 0.3) is 21.9 Å². The molecule has 21 heavy (non-hydrogen) atoms. The minimum Gasteiger partial charge on any atom is -0.0620 e. The van der Waals surface area contributed by atoms with Crippen LogP contribution < -0.4 is 0 Å². The molecule has 102 valence electrons. The fraction of sp³-hybridized carbons (Fsp3) is 0.143. The monoisotopic (exact) mass is 270 g/mol. The number of hydrogen-bond donors (Lipinski definition) is 0. The first-order chi connectivity index (χ1) is 10.2. The van der Waals surface area contributed by atoms with Gasteiger partial charge >= 0.3 is 0 Å². The van der Waals surface area contributed by atoms with Gasteiger partial charge in [0.2, 0.25) is 0 Å². The van der Waals surface area contributed by atoms with Gasteiger partial charge < -0.3 is 0 Å². The Morgan fingerprint density at radius 2 is 1.19 bits per heavy atom. The zero-order valence-corrected chi connectivity index (χ0v) is 12.5. The molecule has 4 rings (SSSR count). The summed E-state index contributed by atoms with van der Waals surface area (Å²) < 4.78 is 0. The van der Waals surface area contributed by atoms with Crippen molar-refractivity contribution in [1.29, 1.82) is 0 Å². The molecule has 0 saturated carbocycles. The van der Waals surface area contributed by atoms with Crippen molar-refractivity contribution in [3.05, 3.63) is 83.0 Å². The van der Waals surface area contributed by atoms with Crippen LogP contribution in [-0.2, 0) is 0 Å². The third kappa shape index (κ3) is 1.91. The highest BCUT2D eigenvalue weighted by Gasteiger charge is 2.18. The fourth-order valence-corrected chi connectivity index (χ4v) is 3.39. The zero-order valence-electron chi connectivity index (χ0n) is 12.5. The van der Waals surface area contributed by atoms with Crippen LogP contribution in [0.15, 0.2) is 71.8 Å². The highest BCUT2D eigenvalue weighted by atomic mass is 14.2. The molecule has 2 aliphatic carbocycles. The quantitative estimate of drug-likeness (QED) is 0.557. The Hall–Kier alpha value is -2.34. The van der Waals surface area contributed by atoms with E-state index in [-0.39, 0.29) is 0 Å². The van der Waals surface area contributed by atoms with Gasteiger partial charge in [-0.25, -0.2) is 0 Å². The first-order valence-corrected chi connectivity index (χ1v) is 7.52. The van der Waals surface area contributed by atoms with Crippen LogP contribution >= 0.6 is 0 Å². The van der Waals surface area contributed by atoms with Gasteiger partial charge in [0, 0.05) is 0 Å². The van der Waals surface area contributed by atoms with E-state index in [0.717, 1.165) is 6.42 Å². The zero-order chi connectivity index (χ0) is 14.4. The Balaban J connectivity index is 2.13. The second-order valence-electron chi connectivity index (χ2n) is 5.94. The summed E-state index contributed by atoms with van der Waals surface area (Å²) in [5, 5.41) is 2.64. The van der Waals surface area contributed by atoms with E-state index in [1.165, 1.54) is 44.2 Å². The molecule has 2 aliphatic rings. The Labute approximate surface area is 125 Å². The van der Waals surface area contributed by atoms with E-state index in [9.17, 15) is 0 Å². The lowest BCUT2D eigenvalue weighted by Crippen LogP contribution is -1.91. The molecule has 2 aromatic carbocycles. The molecular formula is C21H18. The van der Waals surface area contributed by atoms with Gasteiger partial charge in [-0.2, -0.15) is 0 Å². The Morgan fingerprint density at radius 3 is 1.67 bits per heavy atom. The Morgan fingerprint density at radius 1 is 0.714 bits per heavy atom. The van der Waals surface area contributed by atoms with Gasteiger partial charge in [0.1, 0.15) is 0 Å².